The molecule has 5 heteroatoms. The highest BCUT2D eigenvalue weighted by molar-refractivity contribution is 7.02. The van der Waals surface area contributed by atoms with Gasteiger partial charge in [0, 0.05) is 46.5 Å². The van der Waals surface area contributed by atoms with Crippen LogP contribution in [0.3, 0.4) is 0 Å². The van der Waals surface area contributed by atoms with Gasteiger partial charge in [-0.2, -0.15) is 0 Å². The smallest absolute Gasteiger partial charge is 0.249 e. The maximum atomic E-state index is 4.54. The maximum absolute atomic E-state index is 4.54. The highest BCUT2D eigenvalue weighted by Crippen LogP contribution is 2.51. The first kappa shape index (κ1) is 33.7. The number of rotatable bonds is 5. The van der Waals surface area contributed by atoms with Crippen molar-refractivity contribution in [3.05, 3.63) is 247 Å². The first-order valence-corrected chi connectivity index (χ1v) is 20.5. The number of anilines is 6. The van der Waals surface area contributed by atoms with E-state index in [1.165, 1.54) is 77.8 Å². The molecule has 0 unspecified atom stereocenters. The average molecular weight is 750 g/mol. The predicted octanol–water partition coefficient (Wildman–Crippen LogP) is 8.38. The van der Waals surface area contributed by atoms with E-state index in [0.29, 0.717) is 0 Å². The van der Waals surface area contributed by atoms with Gasteiger partial charge in [0.05, 0.1) is 5.41 Å². The van der Waals surface area contributed by atoms with Gasteiger partial charge in [0.25, 0.3) is 0 Å². The van der Waals surface area contributed by atoms with Crippen molar-refractivity contribution < 1.29 is 0 Å². The summed E-state index contributed by atoms with van der Waals surface area (Å²) in [6.45, 7) is -0.0759. The van der Waals surface area contributed by atoms with Crippen LogP contribution in [0, 0.1) is 0 Å². The molecule has 0 bridgehead atoms. The summed E-state index contributed by atoms with van der Waals surface area (Å²) in [5, 5.41) is 0. The van der Waals surface area contributed by atoms with Crippen molar-refractivity contribution in [3.63, 3.8) is 0 Å². The summed E-state index contributed by atoms with van der Waals surface area (Å²) < 4.78 is 0. The lowest BCUT2D eigenvalue weighted by molar-refractivity contribution is 0.751. The Bertz CT molecular complexity index is 2970. The number of nitrogens with zero attached hydrogens (tertiary/aromatic N) is 3. The van der Waals surface area contributed by atoms with E-state index < -0.39 is 5.41 Å². The molecule has 12 rings (SSSR count). The molecule has 0 fully saturated rings. The molecule has 8 aromatic carbocycles. The average Bonchev–Trinajstić information content (AvgIpc) is 3.32. The Kier molecular flexibility index (Phi) is 7.64. The van der Waals surface area contributed by atoms with Gasteiger partial charge >= 0.3 is 0 Å². The van der Waals surface area contributed by atoms with Gasteiger partial charge in [0.1, 0.15) is 0 Å². The molecule has 3 nitrogen and oxygen atoms in total. The number of pyridine rings is 1. The van der Waals surface area contributed by atoms with E-state index in [2.05, 4.69) is 227 Å². The molecule has 59 heavy (non-hydrogen) atoms. The largest absolute Gasteiger partial charge is 0.312 e. The van der Waals surface area contributed by atoms with E-state index in [9.17, 15) is 0 Å². The van der Waals surface area contributed by atoms with Crippen molar-refractivity contribution in [2.24, 2.45) is 0 Å². The zero-order valence-electron chi connectivity index (χ0n) is 32.4. The van der Waals surface area contributed by atoms with Gasteiger partial charge in [-0.25, -0.2) is 0 Å². The minimum atomic E-state index is -0.646. The standard InChI is InChI=1S/C54H37B2N3/c1-5-19-38(20-6-1)54(39-21-7-2-8-22-39)43-27-13-14-28-45(43)56-47-30-16-18-32-49(47)59(42-33-35-57-36-34-42)53-51(56)44(54)37-50-52(53)55(40-23-9-3-10-24-40)46-29-15-17-31-48(46)58(50)41-25-11-4-12-26-41/h1-37H. The van der Waals surface area contributed by atoms with Crippen molar-refractivity contribution in [1.82, 2.24) is 4.98 Å². The summed E-state index contributed by atoms with van der Waals surface area (Å²) >= 11 is 0. The normalized spacial score (nSPS) is 14.1. The van der Waals surface area contributed by atoms with Gasteiger partial charge < -0.3 is 9.80 Å². The fourth-order valence-electron chi connectivity index (χ4n) is 10.8. The fraction of sp³-hybridized carbons (Fsp3) is 0.0185. The van der Waals surface area contributed by atoms with Crippen LogP contribution in [-0.2, 0) is 5.41 Å². The quantitative estimate of drug-likeness (QED) is 0.165. The van der Waals surface area contributed by atoms with Gasteiger partial charge in [-0.3, -0.25) is 4.98 Å². The topological polar surface area (TPSA) is 19.4 Å². The Morgan fingerprint density at radius 3 is 1.51 bits per heavy atom. The third kappa shape index (κ3) is 4.82. The molecular weight excluding hydrogens is 712 g/mol. The van der Waals surface area contributed by atoms with Gasteiger partial charge in [-0.15, -0.1) is 0 Å². The predicted molar refractivity (Wildman–Crippen MR) is 248 cm³/mol. The van der Waals surface area contributed by atoms with Gasteiger partial charge in [-0.05, 0) is 86.6 Å². The van der Waals surface area contributed by atoms with E-state index in [1.54, 1.807) is 0 Å². The van der Waals surface area contributed by atoms with Crippen LogP contribution in [0.25, 0.3) is 0 Å². The second kappa shape index (κ2) is 13.4. The number of fused-ring (bicyclic) bond motifs is 7. The minimum Gasteiger partial charge on any atom is -0.312 e. The van der Waals surface area contributed by atoms with E-state index >= 15 is 0 Å². The van der Waals surface area contributed by atoms with Crippen molar-refractivity contribution >= 4 is 80.3 Å². The molecule has 0 aliphatic carbocycles. The fourth-order valence-corrected chi connectivity index (χ4v) is 10.8. The SMILES string of the molecule is c1ccc(B2c3ccccc3N(c3ccccc3)c3cc4c5c(c32)N(c2ccncc2)c2ccccc2B5c2ccccc2C4(c2ccccc2)c2ccccc2)cc1. The van der Waals surface area contributed by atoms with Gasteiger partial charge in [0.15, 0.2) is 0 Å². The summed E-state index contributed by atoms with van der Waals surface area (Å²) in [6, 6.07) is 78.9. The highest BCUT2D eigenvalue weighted by Gasteiger charge is 2.54. The van der Waals surface area contributed by atoms with Crippen LogP contribution < -0.4 is 42.6 Å². The summed E-state index contributed by atoms with van der Waals surface area (Å²) in [5.41, 5.74) is 19.3. The molecule has 0 N–H and O–H groups in total. The van der Waals surface area contributed by atoms with E-state index in [-0.39, 0.29) is 13.4 Å². The zero-order chi connectivity index (χ0) is 38.9. The first-order chi connectivity index (χ1) is 29.3. The van der Waals surface area contributed by atoms with Crippen molar-refractivity contribution in [2.75, 3.05) is 9.80 Å². The molecule has 0 spiro atoms. The molecule has 9 aromatic rings. The molecule has 4 heterocycles. The number of para-hydroxylation sites is 3. The molecule has 3 aliphatic rings. The summed E-state index contributed by atoms with van der Waals surface area (Å²) in [5.74, 6) is 0. The summed E-state index contributed by atoms with van der Waals surface area (Å²) in [7, 11) is 0. The molecular formula is C54H37B2N3. The van der Waals surface area contributed by atoms with Crippen molar-refractivity contribution in [2.45, 2.75) is 5.41 Å². The number of benzene rings is 8. The van der Waals surface area contributed by atoms with Crippen molar-refractivity contribution in [3.8, 4) is 0 Å². The van der Waals surface area contributed by atoms with Crippen LogP contribution in [0.15, 0.2) is 225 Å². The second-order valence-electron chi connectivity index (χ2n) is 15.8. The molecule has 0 saturated carbocycles. The molecule has 0 radical (unpaired) electrons. The Balaban J connectivity index is 1.35. The van der Waals surface area contributed by atoms with Crippen LogP contribution >= 0.6 is 0 Å². The summed E-state index contributed by atoms with van der Waals surface area (Å²) in [4.78, 5) is 9.63. The molecule has 274 valence electrons. The number of hydrogen-bond acceptors (Lipinski definition) is 3. The monoisotopic (exact) mass is 749 g/mol. The first-order valence-electron chi connectivity index (χ1n) is 20.5. The second-order valence-corrected chi connectivity index (χ2v) is 15.8. The Labute approximate surface area is 346 Å². The molecule has 3 aliphatic heterocycles. The molecule has 0 amide bonds. The minimum absolute atomic E-state index is 0.0184. The van der Waals surface area contributed by atoms with E-state index in [4.69, 9.17) is 0 Å². The van der Waals surface area contributed by atoms with E-state index in [0.717, 1.165) is 11.4 Å². The van der Waals surface area contributed by atoms with Gasteiger partial charge in [-0.1, -0.05) is 181 Å². The molecule has 0 saturated heterocycles. The third-order valence-electron chi connectivity index (χ3n) is 12.9. The molecule has 0 atom stereocenters. The lowest BCUT2D eigenvalue weighted by atomic mass is 9.27. The van der Waals surface area contributed by atoms with E-state index in [1.807, 2.05) is 12.4 Å². The van der Waals surface area contributed by atoms with Crippen LogP contribution in [0.2, 0.25) is 0 Å². The van der Waals surface area contributed by atoms with Crippen LogP contribution in [0.1, 0.15) is 22.3 Å². The maximum Gasteiger partial charge on any atom is 0.249 e. The lowest BCUT2D eigenvalue weighted by Crippen LogP contribution is -2.68. The van der Waals surface area contributed by atoms with Crippen molar-refractivity contribution in [1.29, 1.82) is 0 Å². The van der Waals surface area contributed by atoms with Crippen LogP contribution in [-0.4, -0.2) is 18.4 Å². The van der Waals surface area contributed by atoms with Crippen LogP contribution in [0.5, 0.6) is 0 Å². The third-order valence-corrected chi connectivity index (χ3v) is 12.9. The Morgan fingerprint density at radius 1 is 0.373 bits per heavy atom. The zero-order valence-corrected chi connectivity index (χ0v) is 32.4. The highest BCUT2D eigenvalue weighted by atomic mass is 15.2. The summed E-state index contributed by atoms with van der Waals surface area (Å²) in [6.07, 6.45) is 3.86. The number of hydrogen-bond donors (Lipinski definition) is 0. The lowest BCUT2D eigenvalue weighted by Gasteiger charge is -2.51. The Hall–Kier alpha value is -7.36. The number of aromatic nitrogens is 1. The van der Waals surface area contributed by atoms with Crippen LogP contribution in [0.4, 0.5) is 34.1 Å². The Morgan fingerprint density at radius 2 is 0.864 bits per heavy atom. The molecule has 1 aromatic heterocycles. The van der Waals surface area contributed by atoms with Gasteiger partial charge in [0.2, 0.25) is 13.4 Å².